The van der Waals surface area contributed by atoms with Gasteiger partial charge in [0.15, 0.2) is 0 Å². The van der Waals surface area contributed by atoms with Gasteiger partial charge in [-0.2, -0.15) is 13.2 Å². The van der Waals surface area contributed by atoms with Crippen molar-refractivity contribution in [2.75, 3.05) is 0 Å². The zero-order valence-electron chi connectivity index (χ0n) is 9.18. The molecule has 0 bridgehead atoms. The molecule has 1 amide bonds. The highest BCUT2D eigenvalue weighted by Crippen LogP contribution is 2.25. The standard InChI is InChI=1S/C9H14F3NO3/c1-4-5(8(2,3)7(15)16)13-6(14)9(10,11)12/h5H,4H2,1-3H3,(H,13,14)(H,15,16)/t5-/m0/s1. The molecule has 0 aliphatic carbocycles. The predicted octanol–water partition coefficient (Wildman–Crippen LogP) is 1.55. The van der Waals surface area contributed by atoms with Gasteiger partial charge in [-0.1, -0.05) is 6.92 Å². The molecule has 7 heteroatoms. The number of hydrogen-bond donors (Lipinski definition) is 2. The van der Waals surface area contributed by atoms with E-state index in [2.05, 4.69) is 0 Å². The second-order valence-electron chi connectivity index (χ2n) is 3.96. The number of carbonyl (C=O) groups is 2. The molecule has 0 heterocycles. The monoisotopic (exact) mass is 241 g/mol. The molecule has 4 nitrogen and oxygen atoms in total. The first kappa shape index (κ1) is 14.7. The third-order valence-electron chi connectivity index (χ3n) is 2.39. The largest absolute Gasteiger partial charge is 0.481 e. The Morgan fingerprint density at radius 2 is 1.75 bits per heavy atom. The fraction of sp³-hybridized carbons (Fsp3) is 0.778. The molecule has 0 aromatic heterocycles. The minimum atomic E-state index is -5.00. The summed E-state index contributed by atoms with van der Waals surface area (Å²) in [5.74, 6) is -3.38. The van der Waals surface area contributed by atoms with Crippen LogP contribution in [0.3, 0.4) is 0 Å². The molecule has 0 aliphatic heterocycles. The third-order valence-corrected chi connectivity index (χ3v) is 2.39. The van der Waals surface area contributed by atoms with E-state index in [4.69, 9.17) is 5.11 Å². The van der Waals surface area contributed by atoms with Crippen molar-refractivity contribution in [1.29, 1.82) is 0 Å². The topological polar surface area (TPSA) is 66.4 Å². The molecule has 0 saturated carbocycles. The van der Waals surface area contributed by atoms with Gasteiger partial charge < -0.3 is 10.4 Å². The van der Waals surface area contributed by atoms with E-state index in [-0.39, 0.29) is 6.42 Å². The molecule has 0 radical (unpaired) electrons. The lowest BCUT2D eigenvalue weighted by Gasteiger charge is -2.30. The second kappa shape index (κ2) is 4.71. The molecule has 0 rings (SSSR count). The van der Waals surface area contributed by atoms with Crippen LogP contribution in [0.2, 0.25) is 0 Å². The Morgan fingerprint density at radius 3 is 2.00 bits per heavy atom. The Bertz CT molecular complexity index is 286. The summed E-state index contributed by atoms with van der Waals surface area (Å²) in [6, 6.07) is -1.07. The van der Waals surface area contributed by atoms with E-state index in [1.165, 1.54) is 20.8 Å². The van der Waals surface area contributed by atoms with Crippen LogP contribution in [-0.4, -0.2) is 29.2 Å². The molecule has 0 unspecified atom stereocenters. The Hall–Kier alpha value is -1.27. The maximum absolute atomic E-state index is 12.0. The maximum atomic E-state index is 12.0. The van der Waals surface area contributed by atoms with Crippen LogP contribution in [0.4, 0.5) is 13.2 Å². The molecule has 2 N–H and O–H groups in total. The van der Waals surface area contributed by atoms with Gasteiger partial charge in [0.25, 0.3) is 0 Å². The molecule has 0 fully saturated rings. The number of nitrogens with one attached hydrogen (secondary N) is 1. The predicted molar refractivity (Wildman–Crippen MR) is 49.7 cm³/mol. The SMILES string of the molecule is CC[C@H](NC(=O)C(F)(F)F)C(C)(C)C(=O)O. The van der Waals surface area contributed by atoms with E-state index < -0.39 is 29.5 Å². The van der Waals surface area contributed by atoms with Crippen molar-refractivity contribution in [2.45, 2.75) is 39.4 Å². The van der Waals surface area contributed by atoms with Crippen molar-refractivity contribution < 1.29 is 27.9 Å². The van der Waals surface area contributed by atoms with Crippen molar-refractivity contribution in [2.24, 2.45) is 5.41 Å². The smallest absolute Gasteiger partial charge is 0.471 e. The molecule has 1 atom stereocenters. The maximum Gasteiger partial charge on any atom is 0.471 e. The lowest BCUT2D eigenvalue weighted by atomic mass is 9.83. The minimum absolute atomic E-state index is 0.0983. The van der Waals surface area contributed by atoms with Crippen LogP contribution in [0.15, 0.2) is 0 Å². The van der Waals surface area contributed by atoms with Gasteiger partial charge in [0.1, 0.15) is 0 Å². The number of alkyl halides is 3. The number of carboxylic acids is 1. The first-order chi connectivity index (χ1) is 7.03. The first-order valence-electron chi connectivity index (χ1n) is 4.64. The zero-order valence-corrected chi connectivity index (χ0v) is 9.18. The van der Waals surface area contributed by atoms with E-state index >= 15 is 0 Å². The lowest BCUT2D eigenvalue weighted by Crippen LogP contribution is -2.52. The zero-order chi connectivity index (χ0) is 13.1. The summed E-state index contributed by atoms with van der Waals surface area (Å²) >= 11 is 0. The van der Waals surface area contributed by atoms with E-state index in [1.54, 1.807) is 5.32 Å². The van der Waals surface area contributed by atoms with Gasteiger partial charge in [0, 0.05) is 6.04 Å². The van der Waals surface area contributed by atoms with Crippen LogP contribution >= 0.6 is 0 Å². The van der Waals surface area contributed by atoms with Crippen LogP contribution < -0.4 is 5.32 Å². The summed E-state index contributed by atoms with van der Waals surface area (Å²) in [6.45, 7) is 4.03. The summed E-state index contributed by atoms with van der Waals surface area (Å²) in [4.78, 5) is 21.5. The van der Waals surface area contributed by atoms with Gasteiger partial charge in [-0.3, -0.25) is 9.59 Å². The highest BCUT2D eigenvalue weighted by atomic mass is 19.4. The fourth-order valence-electron chi connectivity index (χ4n) is 1.18. The number of rotatable bonds is 4. The molecule has 0 saturated heterocycles. The van der Waals surface area contributed by atoms with Crippen LogP contribution in [-0.2, 0) is 9.59 Å². The van der Waals surface area contributed by atoms with Crippen molar-refractivity contribution in [1.82, 2.24) is 5.32 Å². The second-order valence-corrected chi connectivity index (χ2v) is 3.96. The molecular formula is C9H14F3NO3. The van der Waals surface area contributed by atoms with Crippen LogP contribution in [0, 0.1) is 5.41 Å². The summed E-state index contributed by atoms with van der Waals surface area (Å²) in [7, 11) is 0. The van der Waals surface area contributed by atoms with Crippen LogP contribution in [0.25, 0.3) is 0 Å². The molecule has 0 aromatic carbocycles. The molecular weight excluding hydrogens is 227 g/mol. The molecule has 0 aromatic rings. The summed E-state index contributed by atoms with van der Waals surface area (Å²) in [5.41, 5.74) is -1.45. The average molecular weight is 241 g/mol. The van der Waals surface area contributed by atoms with Gasteiger partial charge in [0.2, 0.25) is 0 Å². The van der Waals surface area contributed by atoms with Crippen molar-refractivity contribution in [3.63, 3.8) is 0 Å². The lowest BCUT2D eigenvalue weighted by molar-refractivity contribution is -0.176. The van der Waals surface area contributed by atoms with Gasteiger partial charge in [0.05, 0.1) is 5.41 Å². The van der Waals surface area contributed by atoms with E-state index in [1.807, 2.05) is 0 Å². The number of amides is 1. The fourth-order valence-corrected chi connectivity index (χ4v) is 1.18. The Morgan fingerprint density at radius 1 is 1.31 bits per heavy atom. The van der Waals surface area contributed by atoms with Crippen LogP contribution in [0.5, 0.6) is 0 Å². The number of carbonyl (C=O) groups excluding carboxylic acids is 1. The summed E-state index contributed by atoms with van der Waals surface area (Å²) in [5, 5.41) is 10.5. The average Bonchev–Trinajstić information content (AvgIpc) is 2.11. The van der Waals surface area contributed by atoms with E-state index in [0.29, 0.717) is 0 Å². The summed E-state index contributed by atoms with van der Waals surface area (Å²) < 4.78 is 35.9. The molecule has 16 heavy (non-hydrogen) atoms. The Labute approximate surface area is 90.8 Å². The van der Waals surface area contributed by atoms with Crippen molar-refractivity contribution in [3.05, 3.63) is 0 Å². The van der Waals surface area contributed by atoms with Gasteiger partial charge in [-0.25, -0.2) is 0 Å². The number of hydrogen-bond acceptors (Lipinski definition) is 2. The van der Waals surface area contributed by atoms with Gasteiger partial charge in [-0.05, 0) is 20.3 Å². The van der Waals surface area contributed by atoms with Gasteiger partial charge in [-0.15, -0.1) is 0 Å². The Kier molecular flexibility index (Phi) is 4.34. The third kappa shape index (κ3) is 3.39. The molecule has 94 valence electrons. The van der Waals surface area contributed by atoms with Gasteiger partial charge >= 0.3 is 18.1 Å². The van der Waals surface area contributed by atoms with Crippen molar-refractivity contribution >= 4 is 11.9 Å². The molecule has 0 aliphatic rings. The minimum Gasteiger partial charge on any atom is -0.481 e. The highest BCUT2D eigenvalue weighted by molar-refractivity contribution is 5.83. The van der Waals surface area contributed by atoms with Crippen LogP contribution in [0.1, 0.15) is 27.2 Å². The molecule has 0 spiro atoms. The van der Waals surface area contributed by atoms with E-state index in [0.717, 1.165) is 0 Å². The first-order valence-corrected chi connectivity index (χ1v) is 4.64. The summed E-state index contributed by atoms with van der Waals surface area (Å²) in [6.07, 6.45) is -4.90. The number of halogens is 3. The Balaban J connectivity index is 4.79. The van der Waals surface area contributed by atoms with E-state index in [9.17, 15) is 22.8 Å². The number of aliphatic carboxylic acids is 1. The normalized spacial score (nSPS) is 14.4. The quantitative estimate of drug-likeness (QED) is 0.784. The highest BCUT2D eigenvalue weighted by Gasteiger charge is 2.44. The van der Waals surface area contributed by atoms with Crippen molar-refractivity contribution in [3.8, 4) is 0 Å². The number of carboxylic acid groups (broad SMARTS) is 1.